The molecule has 3 aromatic rings. The summed E-state index contributed by atoms with van der Waals surface area (Å²) >= 11 is 5.48. The van der Waals surface area contributed by atoms with Gasteiger partial charge in [-0.05, 0) is 42.0 Å². The minimum atomic E-state index is 0.372. The van der Waals surface area contributed by atoms with Crippen LogP contribution in [0.3, 0.4) is 0 Å². The molecule has 0 heterocycles. The Morgan fingerprint density at radius 3 is 2.00 bits per heavy atom. The van der Waals surface area contributed by atoms with Crippen molar-refractivity contribution < 1.29 is 0 Å². The van der Waals surface area contributed by atoms with Crippen LogP contribution in [0.5, 0.6) is 0 Å². The molecule has 1 N–H and O–H groups in total. The predicted molar refractivity (Wildman–Crippen MR) is 106 cm³/mol. The third-order valence-electron chi connectivity index (χ3n) is 3.46. The lowest BCUT2D eigenvalue weighted by atomic mass is 10.2. The zero-order chi connectivity index (χ0) is 17.3. The number of hydrogen-bond acceptors (Lipinski definition) is 3. The molecule has 0 atom stereocenters. The zero-order valence-electron chi connectivity index (χ0n) is 13.6. The fourth-order valence-electron chi connectivity index (χ4n) is 2.24. The summed E-state index contributed by atoms with van der Waals surface area (Å²) in [5.74, 6) is 0. The van der Waals surface area contributed by atoms with Crippen LogP contribution in [0.2, 0.25) is 0 Å². The van der Waals surface area contributed by atoms with Gasteiger partial charge in [-0.2, -0.15) is 0 Å². The SMILES string of the molecule is S=C(N=Nc1ccccc1)N(Cc1ccccc1)Nc1ccccc1. The highest BCUT2D eigenvalue weighted by Gasteiger charge is 2.10. The van der Waals surface area contributed by atoms with E-state index in [4.69, 9.17) is 12.2 Å². The molecule has 25 heavy (non-hydrogen) atoms. The third-order valence-corrected chi connectivity index (χ3v) is 3.76. The number of hydrazine groups is 1. The molecule has 0 spiro atoms. The van der Waals surface area contributed by atoms with E-state index in [0.29, 0.717) is 11.7 Å². The number of rotatable bonds is 5. The van der Waals surface area contributed by atoms with Gasteiger partial charge in [0.1, 0.15) is 0 Å². The summed E-state index contributed by atoms with van der Waals surface area (Å²) in [6, 6.07) is 29.5. The Bertz CT molecular complexity index is 779. The van der Waals surface area contributed by atoms with Gasteiger partial charge in [0.15, 0.2) is 0 Å². The van der Waals surface area contributed by atoms with Crippen LogP contribution in [0.15, 0.2) is 101 Å². The third kappa shape index (κ3) is 5.22. The lowest BCUT2D eigenvalue weighted by molar-refractivity contribution is 0.493. The van der Waals surface area contributed by atoms with Gasteiger partial charge in [0, 0.05) is 0 Å². The smallest absolute Gasteiger partial charge is 0.235 e. The molecule has 3 rings (SSSR count). The van der Waals surface area contributed by atoms with Crippen molar-refractivity contribution in [2.24, 2.45) is 10.2 Å². The van der Waals surface area contributed by atoms with Gasteiger partial charge >= 0.3 is 0 Å². The first-order valence-corrected chi connectivity index (χ1v) is 8.36. The van der Waals surface area contributed by atoms with Gasteiger partial charge in [-0.1, -0.05) is 66.7 Å². The monoisotopic (exact) mass is 346 g/mol. The minimum absolute atomic E-state index is 0.372. The molecule has 4 nitrogen and oxygen atoms in total. The van der Waals surface area contributed by atoms with E-state index in [1.165, 1.54) is 0 Å². The van der Waals surface area contributed by atoms with Crippen molar-refractivity contribution in [3.63, 3.8) is 0 Å². The van der Waals surface area contributed by atoms with E-state index < -0.39 is 0 Å². The summed E-state index contributed by atoms with van der Waals surface area (Å²) in [5, 5.41) is 10.6. The Labute approximate surface area is 152 Å². The first-order valence-electron chi connectivity index (χ1n) is 7.95. The van der Waals surface area contributed by atoms with E-state index >= 15 is 0 Å². The largest absolute Gasteiger partial charge is 0.296 e. The maximum atomic E-state index is 5.48. The molecule has 0 saturated carbocycles. The average molecular weight is 346 g/mol. The second-order valence-electron chi connectivity index (χ2n) is 5.37. The van der Waals surface area contributed by atoms with Crippen LogP contribution in [0.25, 0.3) is 0 Å². The molecule has 3 aromatic carbocycles. The summed E-state index contributed by atoms with van der Waals surface area (Å²) in [6.45, 7) is 0.586. The summed E-state index contributed by atoms with van der Waals surface area (Å²) < 4.78 is 0. The molecule has 0 aliphatic carbocycles. The van der Waals surface area contributed by atoms with Crippen LogP contribution in [0, 0.1) is 0 Å². The molecule has 0 amide bonds. The van der Waals surface area contributed by atoms with E-state index in [1.807, 2.05) is 83.9 Å². The highest BCUT2D eigenvalue weighted by molar-refractivity contribution is 7.80. The maximum Gasteiger partial charge on any atom is 0.235 e. The van der Waals surface area contributed by atoms with E-state index in [0.717, 1.165) is 16.9 Å². The Hall–Kier alpha value is -3.05. The van der Waals surface area contributed by atoms with E-state index in [2.05, 4.69) is 27.8 Å². The van der Waals surface area contributed by atoms with Crippen molar-refractivity contribution in [1.82, 2.24) is 5.01 Å². The van der Waals surface area contributed by atoms with Crippen LogP contribution < -0.4 is 5.43 Å². The van der Waals surface area contributed by atoms with Crippen molar-refractivity contribution in [1.29, 1.82) is 0 Å². The number of thiocarbonyl (C=S) groups is 1. The molecule has 0 unspecified atom stereocenters. The highest BCUT2D eigenvalue weighted by atomic mass is 32.1. The van der Waals surface area contributed by atoms with Gasteiger partial charge < -0.3 is 0 Å². The first-order chi connectivity index (χ1) is 12.3. The maximum absolute atomic E-state index is 5.48. The quantitative estimate of drug-likeness (QED) is 0.372. The fourth-order valence-corrected chi connectivity index (χ4v) is 2.39. The average Bonchev–Trinajstić information content (AvgIpc) is 2.68. The number of para-hydroxylation sites is 1. The topological polar surface area (TPSA) is 40.0 Å². The number of nitrogens with zero attached hydrogens (tertiary/aromatic N) is 3. The Balaban J connectivity index is 1.77. The van der Waals surface area contributed by atoms with E-state index in [-0.39, 0.29) is 0 Å². The van der Waals surface area contributed by atoms with Crippen LogP contribution in [0.4, 0.5) is 11.4 Å². The summed E-state index contributed by atoms with van der Waals surface area (Å²) in [5.41, 5.74) is 6.14. The van der Waals surface area contributed by atoms with E-state index in [1.54, 1.807) is 0 Å². The molecule has 0 aliphatic heterocycles. The molecule has 0 fully saturated rings. The fraction of sp³-hybridized carbons (Fsp3) is 0.0500. The normalized spacial score (nSPS) is 10.6. The van der Waals surface area contributed by atoms with Crippen molar-refractivity contribution in [3.8, 4) is 0 Å². The van der Waals surface area contributed by atoms with Crippen LogP contribution in [-0.2, 0) is 6.54 Å². The molecule has 0 saturated heterocycles. The molecule has 0 aliphatic rings. The van der Waals surface area contributed by atoms with Gasteiger partial charge in [0.2, 0.25) is 5.11 Å². The van der Waals surface area contributed by atoms with Gasteiger partial charge in [-0.25, -0.2) is 0 Å². The summed E-state index contributed by atoms with van der Waals surface area (Å²) in [7, 11) is 0. The molecular formula is C20H18N4S. The minimum Gasteiger partial charge on any atom is -0.296 e. The standard InChI is InChI=1S/C20H18N4S/c25-20(22-21-18-12-6-2-7-13-18)24(16-17-10-4-1-5-11-17)23-19-14-8-3-9-15-19/h1-15,23H,16H2. The number of azo groups is 1. The number of anilines is 1. The van der Waals surface area contributed by atoms with Crippen molar-refractivity contribution in [2.45, 2.75) is 6.54 Å². The van der Waals surface area contributed by atoms with Crippen molar-refractivity contribution in [3.05, 3.63) is 96.6 Å². The Morgan fingerprint density at radius 2 is 1.36 bits per heavy atom. The summed E-state index contributed by atoms with van der Waals surface area (Å²) in [4.78, 5) is 0. The highest BCUT2D eigenvalue weighted by Crippen LogP contribution is 2.14. The Morgan fingerprint density at radius 1 is 0.800 bits per heavy atom. The first kappa shape index (κ1) is 16.8. The van der Waals surface area contributed by atoms with E-state index in [9.17, 15) is 0 Å². The van der Waals surface area contributed by atoms with Crippen molar-refractivity contribution >= 4 is 28.7 Å². The predicted octanol–water partition coefficient (Wildman–Crippen LogP) is 5.58. The van der Waals surface area contributed by atoms with Crippen molar-refractivity contribution in [2.75, 3.05) is 5.43 Å². The lowest BCUT2D eigenvalue weighted by Gasteiger charge is -2.24. The number of hydrogen-bond donors (Lipinski definition) is 1. The van der Waals surface area contributed by atoms with Crippen LogP contribution >= 0.6 is 12.2 Å². The molecule has 0 radical (unpaired) electrons. The van der Waals surface area contributed by atoms with Gasteiger partial charge in [0.05, 0.1) is 17.9 Å². The van der Waals surface area contributed by atoms with Gasteiger partial charge in [-0.15, -0.1) is 10.2 Å². The van der Waals surface area contributed by atoms with Crippen LogP contribution in [-0.4, -0.2) is 10.1 Å². The lowest BCUT2D eigenvalue weighted by Crippen LogP contribution is -2.33. The van der Waals surface area contributed by atoms with Gasteiger partial charge in [0.25, 0.3) is 0 Å². The van der Waals surface area contributed by atoms with Gasteiger partial charge in [-0.3, -0.25) is 10.4 Å². The number of benzene rings is 3. The molecule has 0 bridgehead atoms. The second kappa shape index (κ2) is 8.70. The Kier molecular flexibility index (Phi) is 5.85. The summed E-state index contributed by atoms with van der Waals surface area (Å²) in [6.07, 6.45) is 0. The molecule has 5 heteroatoms. The second-order valence-corrected chi connectivity index (χ2v) is 5.73. The molecular weight excluding hydrogens is 328 g/mol. The molecule has 124 valence electrons. The number of nitrogens with one attached hydrogen (secondary N) is 1. The van der Waals surface area contributed by atoms with Crippen LogP contribution in [0.1, 0.15) is 5.56 Å². The molecule has 0 aromatic heterocycles. The zero-order valence-corrected chi connectivity index (χ0v) is 14.4.